The van der Waals surface area contributed by atoms with Crippen molar-refractivity contribution in [2.24, 2.45) is 0 Å². The van der Waals surface area contributed by atoms with E-state index in [0.29, 0.717) is 10.6 Å². The highest BCUT2D eigenvalue weighted by Crippen LogP contribution is 2.24. The number of carbonyl (C=O) groups is 2. The number of nitrogens with one attached hydrogen (secondary N) is 1. The van der Waals surface area contributed by atoms with Crippen molar-refractivity contribution in [2.45, 2.75) is 13.3 Å². The summed E-state index contributed by atoms with van der Waals surface area (Å²) < 4.78 is 9.99. The van der Waals surface area contributed by atoms with E-state index < -0.39 is 5.97 Å². The van der Waals surface area contributed by atoms with E-state index in [9.17, 15) is 9.59 Å². The predicted octanol–water partition coefficient (Wildman–Crippen LogP) is 2.94. The Morgan fingerprint density at radius 1 is 1.37 bits per heavy atom. The molecule has 5 nitrogen and oxygen atoms in total. The zero-order valence-electron chi connectivity index (χ0n) is 10.6. The van der Waals surface area contributed by atoms with Crippen molar-refractivity contribution in [3.63, 3.8) is 0 Å². The molecule has 0 saturated heterocycles. The summed E-state index contributed by atoms with van der Waals surface area (Å²) in [7, 11) is 1.30. The molecule has 0 aliphatic carbocycles. The molecule has 0 aromatic carbocycles. The van der Waals surface area contributed by atoms with Gasteiger partial charge in [0.2, 0.25) is 0 Å². The third kappa shape index (κ3) is 2.85. The van der Waals surface area contributed by atoms with Gasteiger partial charge in [0.15, 0.2) is 5.76 Å². The zero-order chi connectivity index (χ0) is 13.8. The van der Waals surface area contributed by atoms with Crippen LogP contribution >= 0.6 is 11.3 Å². The standard InChI is InChI=1S/C13H13NO4S/c1-3-8-4-5-10(18-8)12(15)14-9-6-7-19-11(9)13(16)17-2/h4-7H,3H2,1-2H3,(H,14,15). The van der Waals surface area contributed by atoms with Gasteiger partial charge in [0.1, 0.15) is 10.6 Å². The molecule has 1 amide bonds. The Balaban J connectivity index is 2.15. The average molecular weight is 279 g/mol. The first kappa shape index (κ1) is 13.4. The molecule has 1 N–H and O–H groups in total. The molecular weight excluding hydrogens is 266 g/mol. The van der Waals surface area contributed by atoms with Gasteiger partial charge in [-0.3, -0.25) is 4.79 Å². The Hall–Kier alpha value is -2.08. The van der Waals surface area contributed by atoms with Crippen LogP contribution in [0.1, 0.15) is 32.9 Å². The molecule has 2 heterocycles. The highest BCUT2D eigenvalue weighted by atomic mass is 32.1. The van der Waals surface area contributed by atoms with E-state index in [-0.39, 0.29) is 11.7 Å². The summed E-state index contributed by atoms with van der Waals surface area (Å²) in [4.78, 5) is 23.8. The van der Waals surface area contributed by atoms with Crippen LogP contribution < -0.4 is 5.32 Å². The van der Waals surface area contributed by atoms with Crippen LogP contribution in [0.15, 0.2) is 28.0 Å². The monoisotopic (exact) mass is 279 g/mol. The predicted molar refractivity (Wildman–Crippen MR) is 71.7 cm³/mol. The third-order valence-electron chi connectivity index (χ3n) is 2.52. The highest BCUT2D eigenvalue weighted by Gasteiger charge is 2.17. The second kappa shape index (κ2) is 5.71. The molecule has 0 spiro atoms. The smallest absolute Gasteiger partial charge is 0.350 e. The number of amides is 1. The molecule has 0 aliphatic rings. The first-order valence-corrected chi connectivity index (χ1v) is 6.59. The van der Waals surface area contributed by atoms with Gasteiger partial charge in [-0.15, -0.1) is 11.3 Å². The fraction of sp³-hybridized carbons (Fsp3) is 0.231. The van der Waals surface area contributed by atoms with Gasteiger partial charge in [-0.05, 0) is 23.6 Å². The lowest BCUT2D eigenvalue weighted by molar-refractivity contribution is 0.0607. The normalized spacial score (nSPS) is 10.2. The largest absolute Gasteiger partial charge is 0.465 e. The average Bonchev–Trinajstić information content (AvgIpc) is 3.06. The summed E-state index contributed by atoms with van der Waals surface area (Å²) in [5.74, 6) is 0.102. The molecule has 0 saturated carbocycles. The summed E-state index contributed by atoms with van der Waals surface area (Å²) in [5.41, 5.74) is 0.427. The van der Waals surface area contributed by atoms with Crippen molar-refractivity contribution in [1.29, 1.82) is 0 Å². The fourth-order valence-corrected chi connectivity index (χ4v) is 2.30. The van der Waals surface area contributed by atoms with Crippen molar-refractivity contribution < 1.29 is 18.7 Å². The molecule has 6 heteroatoms. The maximum atomic E-state index is 12.0. The molecule has 0 bridgehead atoms. The Kier molecular flexibility index (Phi) is 4.01. The molecule has 2 rings (SSSR count). The molecule has 2 aromatic rings. The number of rotatable bonds is 4. The Morgan fingerprint density at radius 2 is 2.16 bits per heavy atom. The number of esters is 1. The minimum absolute atomic E-state index is 0.221. The molecular formula is C13H13NO4S. The lowest BCUT2D eigenvalue weighted by Crippen LogP contribution is -2.13. The minimum atomic E-state index is -0.473. The van der Waals surface area contributed by atoms with Crippen molar-refractivity contribution in [3.8, 4) is 0 Å². The van der Waals surface area contributed by atoms with E-state index in [1.54, 1.807) is 23.6 Å². The minimum Gasteiger partial charge on any atom is -0.465 e. The molecule has 0 radical (unpaired) electrons. The van der Waals surface area contributed by atoms with Crippen LogP contribution in [0.5, 0.6) is 0 Å². The van der Waals surface area contributed by atoms with E-state index >= 15 is 0 Å². The van der Waals surface area contributed by atoms with E-state index in [2.05, 4.69) is 10.1 Å². The SMILES string of the molecule is CCc1ccc(C(=O)Nc2ccsc2C(=O)OC)o1. The van der Waals surface area contributed by atoms with Crippen LogP contribution in [0.3, 0.4) is 0 Å². The van der Waals surface area contributed by atoms with Crippen LogP contribution in [0.4, 0.5) is 5.69 Å². The Labute approximate surface area is 114 Å². The molecule has 0 atom stereocenters. The maximum absolute atomic E-state index is 12.0. The molecule has 19 heavy (non-hydrogen) atoms. The zero-order valence-corrected chi connectivity index (χ0v) is 11.4. The van der Waals surface area contributed by atoms with Crippen LogP contribution in [0.25, 0.3) is 0 Å². The van der Waals surface area contributed by atoms with Gasteiger partial charge in [0, 0.05) is 6.42 Å². The van der Waals surface area contributed by atoms with Gasteiger partial charge in [-0.2, -0.15) is 0 Å². The second-order valence-corrected chi connectivity index (χ2v) is 4.64. The van der Waals surface area contributed by atoms with Crippen molar-refractivity contribution in [2.75, 3.05) is 12.4 Å². The second-order valence-electron chi connectivity index (χ2n) is 3.73. The highest BCUT2D eigenvalue weighted by molar-refractivity contribution is 7.12. The van der Waals surface area contributed by atoms with Gasteiger partial charge in [0.05, 0.1) is 12.8 Å². The van der Waals surface area contributed by atoms with Crippen molar-refractivity contribution in [3.05, 3.63) is 40.0 Å². The summed E-state index contributed by atoms with van der Waals surface area (Å²) in [6.45, 7) is 1.94. The van der Waals surface area contributed by atoms with Crippen LogP contribution in [0, 0.1) is 0 Å². The van der Waals surface area contributed by atoms with Crippen molar-refractivity contribution in [1.82, 2.24) is 0 Å². The number of furan rings is 1. The lowest BCUT2D eigenvalue weighted by Gasteiger charge is -2.03. The number of hydrogen-bond acceptors (Lipinski definition) is 5. The van der Waals surface area contributed by atoms with Crippen LogP contribution in [-0.4, -0.2) is 19.0 Å². The Bertz CT molecular complexity index is 599. The van der Waals surface area contributed by atoms with Gasteiger partial charge >= 0.3 is 5.97 Å². The molecule has 0 fully saturated rings. The van der Waals surface area contributed by atoms with Gasteiger partial charge in [-0.25, -0.2) is 4.79 Å². The number of methoxy groups -OCH3 is 1. The maximum Gasteiger partial charge on any atom is 0.350 e. The number of anilines is 1. The molecule has 2 aromatic heterocycles. The Morgan fingerprint density at radius 3 is 2.79 bits per heavy atom. The first-order chi connectivity index (χ1) is 9.15. The van der Waals surface area contributed by atoms with E-state index in [1.165, 1.54) is 18.4 Å². The molecule has 0 unspecified atom stereocenters. The topological polar surface area (TPSA) is 68.5 Å². The molecule has 0 aliphatic heterocycles. The quantitative estimate of drug-likeness (QED) is 0.874. The van der Waals surface area contributed by atoms with Crippen LogP contribution in [0.2, 0.25) is 0 Å². The third-order valence-corrected chi connectivity index (χ3v) is 3.41. The molecule has 100 valence electrons. The van der Waals surface area contributed by atoms with E-state index in [0.717, 1.165) is 12.2 Å². The summed E-state index contributed by atoms with van der Waals surface area (Å²) in [5, 5.41) is 4.35. The number of ether oxygens (including phenoxy) is 1. The number of carbonyl (C=O) groups excluding carboxylic acids is 2. The van der Waals surface area contributed by atoms with Crippen molar-refractivity contribution >= 4 is 28.9 Å². The summed E-state index contributed by atoms with van der Waals surface area (Å²) >= 11 is 1.21. The van der Waals surface area contributed by atoms with E-state index in [4.69, 9.17) is 4.42 Å². The first-order valence-electron chi connectivity index (χ1n) is 5.71. The van der Waals surface area contributed by atoms with E-state index in [1.807, 2.05) is 6.92 Å². The summed E-state index contributed by atoms with van der Waals surface area (Å²) in [6.07, 6.45) is 0.721. The lowest BCUT2D eigenvalue weighted by atomic mass is 10.3. The fourth-order valence-electron chi connectivity index (χ4n) is 1.53. The van der Waals surface area contributed by atoms with Crippen LogP contribution in [-0.2, 0) is 11.2 Å². The number of thiophene rings is 1. The van der Waals surface area contributed by atoms with Gasteiger partial charge < -0.3 is 14.5 Å². The number of hydrogen-bond donors (Lipinski definition) is 1. The summed E-state index contributed by atoms with van der Waals surface area (Å²) in [6, 6.07) is 5.01. The number of aryl methyl sites for hydroxylation is 1. The van der Waals surface area contributed by atoms with Gasteiger partial charge in [-0.1, -0.05) is 6.92 Å². The van der Waals surface area contributed by atoms with Gasteiger partial charge in [0.25, 0.3) is 5.91 Å².